The number of carbonyl (C=O) groups excluding carboxylic acids is 1. The number of amides is 1. The van der Waals surface area contributed by atoms with E-state index in [-0.39, 0.29) is 11.9 Å². The Hall–Kier alpha value is -2.27. The molecule has 2 heterocycles. The van der Waals surface area contributed by atoms with E-state index < -0.39 is 0 Å². The second-order valence-corrected chi connectivity index (χ2v) is 5.65. The zero-order valence-corrected chi connectivity index (χ0v) is 12.6. The molecule has 5 heteroatoms. The van der Waals surface area contributed by atoms with E-state index in [1.165, 1.54) is 11.3 Å². The molecule has 1 unspecified atom stereocenters. The average Bonchev–Trinajstić information content (AvgIpc) is 3.15. The lowest BCUT2D eigenvalue weighted by atomic mass is 10.2. The van der Waals surface area contributed by atoms with Crippen molar-refractivity contribution in [2.45, 2.75) is 13.0 Å². The summed E-state index contributed by atoms with van der Waals surface area (Å²) >= 11 is 1.42. The van der Waals surface area contributed by atoms with Crippen molar-refractivity contribution in [2.24, 2.45) is 0 Å². The van der Waals surface area contributed by atoms with E-state index in [0.717, 1.165) is 5.39 Å². The molecule has 4 nitrogen and oxygen atoms in total. The Kier molecular flexibility index (Phi) is 3.66. The van der Waals surface area contributed by atoms with Gasteiger partial charge in [-0.15, -0.1) is 11.3 Å². The predicted octanol–water partition coefficient (Wildman–Crippen LogP) is 3.99. The molecule has 3 aromatic rings. The van der Waals surface area contributed by atoms with Crippen molar-refractivity contribution in [1.82, 2.24) is 5.32 Å². The van der Waals surface area contributed by atoms with Gasteiger partial charge in [-0.25, -0.2) is 0 Å². The minimum Gasteiger partial charge on any atom is -0.493 e. The van der Waals surface area contributed by atoms with Crippen LogP contribution in [0.3, 0.4) is 0 Å². The van der Waals surface area contributed by atoms with Crippen LogP contribution in [0.5, 0.6) is 5.75 Å². The molecule has 2 aromatic heterocycles. The summed E-state index contributed by atoms with van der Waals surface area (Å²) in [5.74, 6) is 1.31. The zero-order chi connectivity index (χ0) is 14.8. The van der Waals surface area contributed by atoms with Crippen LogP contribution in [-0.2, 0) is 0 Å². The summed E-state index contributed by atoms with van der Waals surface area (Å²) in [5, 5.41) is 5.77. The van der Waals surface area contributed by atoms with Gasteiger partial charge in [-0.05, 0) is 30.5 Å². The van der Waals surface area contributed by atoms with E-state index in [2.05, 4.69) is 5.32 Å². The second-order valence-electron chi connectivity index (χ2n) is 4.70. The summed E-state index contributed by atoms with van der Waals surface area (Å²) in [4.78, 5) is 12.8. The molecule has 0 radical (unpaired) electrons. The van der Waals surface area contributed by atoms with Crippen LogP contribution < -0.4 is 10.1 Å². The van der Waals surface area contributed by atoms with E-state index in [9.17, 15) is 4.79 Å². The fourth-order valence-electron chi connectivity index (χ4n) is 2.18. The number of hydrogen-bond acceptors (Lipinski definition) is 4. The molecule has 1 atom stereocenters. The monoisotopic (exact) mass is 301 g/mol. The first-order valence-electron chi connectivity index (χ1n) is 6.60. The topological polar surface area (TPSA) is 51.5 Å². The Labute approximate surface area is 126 Å². The van der Waals surface area contributed by atoms with Crippen molar-refractivity contribution < 1.29 is 13.9 Å². The highest BCUT2D eigenvalue weighted by Crippen LogP contribution is 2.30. The Balaban J connectivity index is 1.85. The molecule has 1 amide bonds. The maximum Gasteiger partial charge on any atom is 0.261 e. The third-order valence-electron chi connectivity index (χ3n) is 3.27. The maximum absolute atomic E-state index is 12.1. The van der Waals surface area contributed by atoms with Crippen LogP contribution in [0.25, 0.3) is 11.0 Å². The minimum absolute atomic E-state index is 0.0927. The SMILES string of the molecule is COc1cccc2cc(C(C)NC(=O)c3cccs3)oc12. The molecule has 21 heavy (non-hydrogen) atoms. The second kappa shape index (κ2) is 5.61. The highest BCUT2D eigenvalue weighted by Gasteiger charge is 2.17. The van der Waals surface area contributed by atoms with Crippen LogP contribution in [0.4, 0.5) is 0 Å². The molecule has 1 N–H and O–H groups in total. The highest BCUT2D eigenvalue weighted by molar-refractivity contribution is 7.12. The number of para-hydroxylation sites is 1. The van der Waals surface area contributed by atoms with Crippen molar-refractivity contribution >= 4 is 28.2 Å². The summed E-state index contributed by atoms with van der Waals surface area (Å²) in [6.07, 6.45) is 0. The average molecular weight is 301 g/mol. The summed E-state index contributed by atoms with van der Waals surface area (Å²) in [7, 11) is 1.61. The van der Waals surface area contributed by atoms with Gasteiger partial charge in [0.2, 0.25) is 0 Å². The summed E-state index contributed by atoms with van der Waals surface area (Å²) in [5.41, 5.74) is 0.701. The van der Waals surface area contributed by atoms with E-state index in [1.807, 2.05) is 42.6 Å². The van der Waals surface area contributed by atoms with Crippen molar-refractivity contribution in [3.8, 4) is 5.75 Å². The molecule has 0 fully saturated rings. The van der Waals surface area contributed by atoms with E-state index in [0.29, 0.717) is 22.0 Å². The van der Waals surface area contributed by atoms with Gasteiger partial charge in [0.15, 0.2) is 11.3 Å². The molecule has 0 spiro atoms. The molecule has 0 bridgehead atoms. The number of hydrogen-bond donors (Lipinski definition) is 1. The largest absolute Gasteiger partial charge is 0.493 e. The lowest BCUT2D eigenvalue weighted by Crippen LogP contribution is -2.25. The van der Waals surface area contributed by atoms with Gasteiger partial charge in [-0.3, -0.25) is 4.79 Å². The van der Waals surface area contributed by atoms with Crippen molar-refractivity contribution in [2.75, 3.05) is 7.11 Å². The number of thiophene rings is 1. The summed E-state index contributed by atoms with van der Waals surface area (Å²) in [6.45, 7) is 1.90. The molecule has 0 aliphatic rings. The standard InChI is InChI=1S/C16H15NO3S/c1-10(17-16(18)14-7-4-8-21-14)13-9-11-5-3-6-12(19-2)15(11)20-13/h3-10H,1-2H3,(H,17,18). The van der Waals surface area contributed by atoms with Crippen LogP contribution in [0.2, 0.25) is 0 Å². The van der Waals surface area contributed by atoms with Gasteiger partial charge in [-0.1, -0.05) is 18.2 Å². The van der Waals surface area contributed by atoms with Gasteiger partial charge in [0, 0.05) is 5.39 Å². The van der Waals surface area contributed by atoms with Gasteiger partial charge in [0.1, 0.15) is 5.76 Å². The van der Waals surface area contributed by atoms with Crippen LogP contribution in [0.15, 0.2) is 46.2 Å². The molecule has 0 aliphatic heterocycles. The number of benzene rings is 1. The predicted molar refractivity (Wildman–Crippen MR) is 83.0 cm³/mol. The number of carbonyl (C=O) groups is 1. The zero-order valence-electron chi connectivity index (χ0n) is 11.8. The summed E-state index contributed by atoms with van der Waals surface area (Å²) < 4.78 is 11.1. The van der Waals surface area contributed by atoms with Gasteiger partial charge in [-0.2, -0.15) is 0 Å². The maximum atomic E-state index is 12.1. The normalized spacial score (nSPS) is 12.3. The first kappa shape index (κ1) is 13.7. The molecule has 1 aromatic carbocycles. The van der Waals surface area contributed by atoms with Crippen molar-refractivity contribution in [3.05, 3.63) is 52.4 Å². The Morgan fingerprint density at radius 1 is 1.33 bits per heavy atom. The van der Waals surface area contributed by atoms with Crippen LogP contribution in [-0.4, -0.2) is 13.0 Å². The number of nitrogens with one attached hydrogen (secondary N) is 1. The van der Waals surface area contributed by atoms with Gasteiger partial charge in [0.05, 0.1) is 18.0 Å². The fourth-order valence-corrected chi connectivity index (χ4v) is 2.80. The Morgan fingerprint density at radius 2 is 2.19 bits per heavy atom. The number of fused-ring (bicyclic) bond motifs is 1. The number of furan rings is 1. The molecule has 108 valence electrons. The van der Waals surface area contributed by atoms with E-state index in [4.69, 9.17) is 9.15 Å². The lowest BCUT2D eigenvalue weighted by molar-refractivity contribution is 0.0940. The van der Waals surface area contributed by atoms with Gasteiger partial charge < -0.3 is 14.5 Å². The van der Waals surface area contributed by atoms with Crippen LogP contribution in [0, 0.1) is 0 Å². The minimum atomic E-state index is -0.211. The van der Waals surface area contributed by atoms with Crippen molar-refractivity contribution in [1.29, 1.82) is 0 Å². The molecule has 0 aliphatic carbocycles. The quantitative estimate of drug-likeness (QED) is 0.792. The Bertz CT molecular complexity index is 761. The third-order valence-corrected chi connectivity index (χ3v) is 4.13. The smallest absolute Gasteiger partial charge is 0.261 e. The van der Waals surface area contributed by atoms with Gasteiger partial charge in [0.25, 0.3) is 5.91 Å². The van der Waals surface area contributed by atoms with E-state index in [1.54, 1.807) is 13.2 Å². The number of rotatable bonds is 4. The molecular weight excluding hydrogens is 286 g/mol. The first-order chi connectivity index (χ1) is 10.2. The molecule has 0 saturated carbocycles. The van der Waals surface area contributed by atoms with Crippen molar-refractivity contribution in [3.63, 3.8) is 0 Å². The molecular formula is C16H15NO3S. The van der Waals surface area contributed by atoms with Crippen LogP contribution >= 0.6 is 11.3 Å². The molecule has 3 rings (SSSR count). The summed E-state index contributed by atoms with van der Waals surface area (Å²) in [6, 6.07) is 11.1. The number of ether oxygens (including phenoxy) is 1. The molecule has 0 saturated heterocycles. The van der Waals surface area contributed by atoms with Gasteiger partial charge >= 0.3 is 0 Å². The highest BCUT2D eigenvalue weighted by atomic mass is 32.1. The van der Waals surface area contributed by atoms with Crippen LogP contribution in [0.1, 0.15) is 28.4 Å². The third kappa shape index (κ3) is 2.64. The Morgan fingerprint density at radius 3 is 2.90 bits per heavy atom. The number of methoxy groups -OCH3 is 1. The fraction of sp³-hybridized carbons (Fsp3) is 0.188. The lowest BCUT2D eigenvalue weighted by Gasteiger charge is -2.10. The van der Waals surface area contributed by atoms with E-state index >= 15 is 0 Å². The first-order valence-corrected chi connectivity index (χ1v) is 7.48.